The van der Waals surface area contributed by atoms with Gasteiger partial charge in [0.1, 0.15) is 11.7 Å². The molecule has 5 nitrogen and oxygen atoms in total. The van der Waals surface area contributed by atoms with Gasteiger partial charge in [0, 0.05) is 6.54 Å². The van der Waals surface area contributed by atoms with Crippen molar-refractivity contribution in [2.24, 2.45) is 5.92 Å². The average molecular weight is 393 g/mol. The van der Waals surface area contributed by atoms with Crippen LogP contribution in [0.4, 0.5) is 0 Å². The summed E-state index contributed by atoms with van der Waals surface area (Å²) < 4.78 is 18.4. The Labute approximate surface area is 171 Å². The minimum Gasteiger partial charge on any atom is -0.459 e. The lowest BCUT2D eigenvalue weighted by Gasteiger charge is -2.45. The first-order valence-corrected chi connectivity index (χ1v) is 10.5. The van der Waals surface area contributed by atoms with Crippen molar-refractivity contribution in [1.29, 1.82) is 0 Å². The first-order valence-electron chi connectivity index (χ1n) is 10.5. The molecule has 4 fully saturated rings. The highest BCUT2D eigenvalue weighted by molar-refractivity contribution is 5.75. The molecule has 0 radical (unpaired) electrons. The zero-order chi connectivity index (χ0) is 19.7. The molecule has 2 atom stereocenters. The highest BCUT2D eigenvalue weighted by Gasteiger charge is 2.45. The van der Waals surface area contributed by atoms with E-state index < -0.39 is 11.7 Å². The van der Waals surface area contributed by atoms with Crippen LogP contribution in [0.1, 0.15) is 24.0 Å². The molecule has 4 heterocycles. The first-order chi connectivity index (χ1) is 14.2. The van der Waals surface area contributed by atoms with Crippen LogP contribution in [0.3, 0.4) is 0 Å². The van der Waals surface area contributed by atoms with Crippen molar-refractivity contribution in [3.63, 3.8) is 0 Å². The fraction of sp³-hybridized carbons (Fsp3) is 0.458. The van der Waals surface area contributed by atoms with Crippen molar-refractivity contribution in [3.05, 3.63) is 71.8 Å². The molecular formula is C24H27NO4. The Morgan fingerprint density at radius 3 is 2.14 bits per heavy atom. The van der Waals surface area contributed by atoms with Crippen LogP contribution in [0.2, 0.25) is 0 Å². The number of rotatable bonds is 4. The summed E-state index contributed by atoms with van der Waals surface area (Å²) in [5.41, 5.74) is 1.14. The van der Waals surface area contributed by atoms with E-state index in [4.69, 9.17) is 14.2 Å². The van der Waals surface area contributed by atoms with Crippen LogP contribution in [-0.2, 0) is 24.6 Å². The van der Waals surface area contributed by atoms with Gasteiger partial charge in [-0.1, -0.05) is 60.7 Å². The zero-order valence-electron chi connectivity index (χ0n) is 16.5. The highest BCUT2D eigenvalue weighted by Crippen LogP contribution is 2.38. The monoisotopic (exact) mass is 393 g/mol. The van der Waals surface area contributed by atoms with E-state index in [-0.39, 0.29) is 18.7 Å². The number of ether oxygens (including phenoxy) is 3. The molecule has 0 aromatic heterocycles. The molecule has 4 saturated heterocycles. The van der Waals surface area contributed by atoms with Crippen LogP contribution in [0.5, 0.6) is 0 Å². The molecule has 2 aromatic rings. The number of carbonyl (C=O) groups excluding carboxylic acids is 1. The van der Waals surface area contributed by atoms with Gasteiger partial charge in [0.15, 0.2) is 6.10 Å². The van der Waals surface area contributed by atoms with Crippen molar-refractivity contribution >= 4 is 5.97 Å². The Kier molecular flexibility index (Phi) is 5.12. The number of hydrogen-bond acceptors (Lipinski definition) is 5. The molecule has 4 aliphatic heterocycles. The molecule has 4 aliphatic rings. The van der Waals surface area contributed by atoms with Gasteiger partial charge in [0.2, 0.25) is 0 Å². The summed E-state index contributed by atoms with van der Waals surface area (Å²) in [6.07, 6.45) is 1.45. The normalized spacial score (nSPS) is 30.6. The van der Waals surface area contributed by atoms with Crippen molar-refractivity contribution in [2.75, 3.05) is 32.8 Å². The minimum absolute atomic E-state index is 0.0293. The third-order valence-electron chi connectivity index (χ3n) is 6.52. The third kappa shape index (κ3) is 3.59. The van der Waals surface area contributed by atoms with E-state index in [1.165, 1.54) is 0 Å². The van der Waals surface area contributed by atoms with Gasteiger partial charge >= 0.3 is 5.97 Å². The minimum atomic E-state index is -0.820. The quantitative estimate of drug-likeness (QED) is 0.748. The number of carbonyl (C=O) groups is 1. The second-order valence-corrected chi connectivity index (χ2v) is 8.29. The molecule has 0 N–H and O–H groups in total. The maximum atomic E-state index is 13.0. The van der Waals surface area contributed by atoms with Crippen LogP contribution < -0.4 is 0 Å². The molecule has 0 spiro atoms. The predicted molar refractivity (Wildman–Crippen MR) is 108 cm³/mol. The SMILES string of the molecule is O=C(O[C@H]1CN2CCC1CC2)[C@H]1COCC(c2ccccc2)(c2ccccc2)O1. The number of nitrogens with zero attached hydrogens (tertiary/aromatic N) is 1. The lowest BCUT2D eigenvalue weighted by atomic mass is 9.85. The molecule has 5 heteroatoms. The molecule has 2 bridgehead atoms. The highest BCUT2D eigenvalue weighted by atomic mass is 16.6. The van der Waals surface area contributed by atoms with Crippen molar-refractivity contribution in [3.8, 4) is 0 Å². The van der Waals surface area contributed by atoms with E-state index in [0.717, 1.165) is 43.6 Å². The van der Waals surface area contributed by atoms with E-state index in [1.807, 2.05) is 60.7 Å². The van der Waals surface area contributed by atoms with Gasteiger partial charge in [-0.3, -0.25) is 4.90 Å². The largest absolute Gasteiger partial charge is 0.459 e. The van der Waals surface area contributed by atoms with Gasteiger partial charge < -0.3 is 14.2 Å². The Morgan fingerprint density at radius 1 is 0.966 bits per heavy atom. The van der Waals surface area contributed by atoms with Crippen LogP contribution in [-0.4, -0.2) is 55.9 Å². The van der Waals surface area contributed by atoms with Gasteiger partial charge in [0.05, 0.1) is 13.2 Å². The van der Waals surface area contributed by atoms with Crippen LogP contribution in [0.15, 0.2) is 60.7 Å². The summed E-state index contributed by atoms with van der Waals surface area (Å²) in [6.45, 7) is 3.66. The second-order valence-electron chi connectivity index (χ2n) is 8.29. The van der Waals surface area contributed by atoms with Gasteiger partial charge in [-0.05, 0) is 43.0 Å². The van der Waals surface area contributed by atoms with E-state index in [2.05, 4.69) is 4.90 Å². The fourth-order valence-corrected chi connectivity index (χ4v) is 4.89. The number of benzene rings is 2. The smallest absolute Gasteiger partial charge is 0.338 e. The molecular weight excluding hydrogens is 366 g/mol. The van der Waals surface area contributed by atoms with Crippen molar-refractivity contribution < 1.29 is 19.0 Å². The van der Waals surface area contributed by atoms with Gasteiger partial charge in [0.25, 0.3) is 0 Å². The number of fused-ring (bicyclic) bond motifs is 3. The molecule has 0 aliphatic carbocycles. The lowest BCUT2D eigenvalue weighted by molar-refractivity contribution is -0.213. The Morgan fingerprint density at radius 2 is 1.59 bits per heavy atom. The predicted octanol–water partition coefficient (Wildman–Crippen LogP) is 2.98. The van der Waals surface area contributed by atoms with Crippen LogP contribution >= 0.6 is 0 Å². The second kappa shape index (κ2) is 7.90. The van der Waals surface area contributed by atoms with Gasteiger partial charge in [-0.2, -0.15) is 0 Å². The molecule has 6 rings (SSSR count). The lowest BCUT2D eigenvalue weighted by Crippen LogP contribution is -2.54. The maximum absolute atomic E-state index is 13.0. The fourth-order valence-electron chi connectivity index (χ4n) is 4.89. The van der Waals surface area contributed by atoms with E-state index in [1.54, 1.807) is 0 Å². The molecule has 152 valence electrons. The topological polar surface area (TPSA) is 48.0 Å². The number of piperidine rings is 3. The van der Waals surface area contributed by atoms with Crippen molar-refractivity contribution in [1.82, 2.24) is 4.90 Å². The standard InChI is InChI=1S/C24H27NO4/c26-23(28-21-15-25-13-11-18(21)12-14-25)22-16-27-17-24(29-22,19-7-3-1-4-8-19)20-9-5-2-6-10-20/h1-10,18,21-22H,11-17H2/t21-,22+/m0/s1. The van der Waals surface area contributed by atoms with Crippen LogP contribution in [0.25, 0.3) is 0 Å². The number of hydrogen-bond donors (Lipinski definition) is 0. The summed E-state index contributed by atoms with van der Waals surface area (Å²) in [4.78, 5) is 15.4. The summed E-state index contributed by atoms with van der Waals surface area (Å²) in [5.74, 6) is 0.168. The first kappa shape index (κ1) is 18.8. The van der Waals surface area contributed by atoms with Gasteiger partial charge in [-0.25, -0.2) is 4.79 Å². The average Bonchev–Trinajstić information content (AvgIpc) is 2.81. The molecule has 0 amide bonds. The molecule has 29 heavy (non-hydrogen) atoms. The Balaban J connectivity index is 1.39. The molecule has 0 unspecified atom stereocenters. The Bertz CT molecular complexity index is 793. The Hall–Kier alpha value is -2.21. The molecule has 2 aromatic carbocycles. The third-order valence-corrected chi connectivity index (χ3v) is 6.52. The summed E-state index contributed by atoms with van der Waals surface area (Å²) >= 11 is 0. The summed E-state index contributed by atoms with van der Waals surface area (Å²) in [6, 6.07) is 20.0. The summed E-state index contributed by atoms with van der Waals surface area (Å²) in [5, 5.41) is 0. The van der Waals surface area contributed by atoms with E-state index >= 15 is 0 Å². The molecule has 0 saturated carbocycles. The van der Waals surface area contributed by atoms with E-state index in [9.17, 15) is 4.79 Å². The van der Waals surface area contributed by atoms with Gasteiger partial charge in [-0.15, -0.1) is 0 Å². The van der Waals surface area contributed by atoms with Crippen molar-refractivity contribution in [2.45, 2.75) is 30.7 Å². The van der Waals surface area contributed by atoms with E-state index in [0.29, 0.717) is 12.5 Å². The van der Waals surface area contributed by atoms with Crippen LogP contribution in [0, 0.1) is 5.92 Å². The summed E-state index contributed by atoms with van der Waals surface area (Å²) in [7, 11) is 0. The maximum Gasteiger partial charge on any atom is 0.338 e. The number of esters is 1. The zero-order valence-corrected chi connectivity index (χ0v) is 16.5.